The fourth-order valence-electron chi connectivity index (χ4n) is 3.42. The van der Waals surface area contributed by atoms with Crippen LogP contribution in [0.3, 0.4) is 0 Å². The number of nitrogens with one attached hydrogen (secondary N) is 2. The van der Waals surface area contributed by atoms with Crippen LogP contribution in [0, 0.1) is 0 Å². The number of amides is 2. The maximum absolute atomic E-state index is 12.8. The molecule has 4 rings (SSSR count). The lowest BCUT2D eigenvalue weighted by atomic mass is 10.1. The predicted octanol–water partition coefficient (Wildman–Crippen LogP) is 4.48. The molecule has 0 spiro atoms. The average Bonchev–Trinajstić information content (AvgIpc) is 3.44. The Kier molecular flexibility index (Phi) is 7.07. The van der Waals surface area contributed by atoms with Crippen molar-refractivity contribution in [3.8, 4) is 22.8 Å². The minimum absolute atomic E-state index is 0.112. The number of aryl methyl sites for hydroxylation is 1. The minimum atomic E-state index is -0.311. The van der Waals surface area contributed by atoms with Crippen LogP contribution in [0.1, 0.15) is 19.4 Å². The van der Waals surface area contributed by atoms with Crippen LogP contribution in [-0.2, 0) is 22.6 Å². The summed E-state index contributed by atoms with van der Waals surface area (Å²) in [6.07, 6.45) is 2.71. The van der Waals surface area contributed by atoms with Gasteiger partial charge in [0.05, 0.1) is 0 Å². The molecule has 0 saturated heterocycles. The third-order valence-corrected chi connectivity index (χ3v) is 5.66. The molecule has 2 heterocycles. The first-order chi connectivity index (χ1) is 16.5. The maximum Gasteiger partial charge on any atom is 0.264 e. The van der Waals surface area contributed by atoms with Gasteiger partial charge >= 0.3 is 0 Å². The molecule has 0 fully saturated rings. The van der Waals surface area contributed by atoms with Gasteiger partial charge in [0.2, 0.25) is 17.6 Å². The summed E-state index contributed by atoms with van der Waals surface area (Å²) in [5, 5.41) is 14.8. The first kappa shape index (κ1) is 23.2. The molecule has 174 valence electrons. The maximum atomic E-state index is 12.8. The lowest BCUT2D eigenvalue weighted by molar-refractivity contribution is -0.117. The Morgan fingerprint density at radius 1 is 1.09 bits per heavy atom. The van der Waals surface area contributed by atoms with Crippen molar-refractivity contribution in [3.05, 3.63) is 60.2 Å². The average molecular weight is 477 g/mol. The van der Waals surface area contributed by atoms with E-state index < -0.39 is 0 Å². The van der Waals surface area contributed by atoms with Crippen LogP contribution < -0.4 is 10.6 Å². The van der Waals surface area contributed by atoms with Crippen molar-refractivity contribution < 1.29 is 14.1 Å². The topological polar surface area (TPSA) is 115 Å². The molecule has 2 aromatic carbocycles. The number of thioether (sulfide) groups is 1. The molecule has 0 aliphatic heterocycles. The van der Waals surface area contributed by atoms with E-state index in [9.17, 15) is 9.59 Å². The highest BCUT2D eigenvalue weighted by molar-refractivity contribution is 7.98. The van der Waals surface area contributed by atoms with E-state index in [0.717, 1.165) is 17.5 Å². The zero-order chi connectivity index (χ0) is 24.1. The predicted molar refractivity (Wildman–Crippen MR) is 131 cm³/mol. The van der Waals surface area contributed by atoms with Gasteiger partial charge in [-0.1, -0.05) is 54.5 Å². The van der Waals surface area contributed by atoms with Crippen LogP contribution in [-0.4, -0.2) is 38.0 Å². The zero-order valence-electron chi connectivity index (χ0n) is 19.0. The van der Waals surface area contributed by atoms with Gasteiger partial charge in [-0.2, -0.15) is 10.1 Å². The van der Waals surface area contributed by atoms with Crippen LogP contribution in [0.5, 0.6) is 0 Å². The van der Waals surface area contributed by atoms with Crippen LogP contribution in [0.25, 0.3) is 22.8 Å². The van der Waals surface area contributed by atoms with E-state index in [4.69, 9.17) is 4.52 Å². The first-order valence-corrected chi connectivity index (χ1v) is 11.9. The summed E-state index contributed by atoms with van der Waals surface area (Å²) >= 11 is 1.35. The van der Waals surface area contributed by atoms with Crippen molar-refractivity contribution in [2.24, 2.45) is 0 Å². The number of rotatable bonds is 8. The van der Waals surface area contributed by atoms with Gasteiger partial charge in [-0.05, 0) is 30.4 Å². The lowest BCUT2D eigenvalue weighted by Crippen LogP contribution is -2.22. The summed E-state index contributed by atoms with van der Waals surface area (Å²) in [6, 6.07) is 17.1. The number of carbonyl (C=O) groups is 2. The first-order valence-electron chi connectivity index (χ1n) is 10.7. The zero-order valence-corrected chi connectivity index (χ0v) is 19.8. The van der Waals surface area contributed by atoms with Gasteiger partial charge in [-0.3, -0.25) is 9.59 Å². The molecule has 0 radical (unpaired) electrons. The van der Waals surface area contributed by atoms with Crippen LogP contribution >= 0.6 is 11.8 Å². The van der Waals surface area contributed by atoms with E-state index in [1.54, 1.807) is 0 Å². The van der Waals surface area contributed by atoms with Crippen LogP contribution in [0.4, 0.5) is 11.5 Å². The molecule has 0 aliphatic carbocycles. The summed E-state index contributed by atoms with van der Waals surface area (Å²) in [5.41, 5.74) is 3.09. The Balaban J connectivity index is 1.67. The minimum Gasteiger partial charge on any atom is -0.333 e. The molecule has 0 atom stereocenters. The molecule has 4 aromatic rings. The third kappa shape index (κ3) is 5.18. The second kappa shape index (κ2) is 10.3. The van der Waals surface area contributed by atoms with Crippen molar-refractivity contribution >= 4 is 35.1 Å². The van der Waals surface area contributed by atoms with Gasteiger partial charge in [0.15, 0.2) is 0 Å². The molecule has 34 heavy (non-hydrogen) atoms. The van der Waals surface area contributed by atoms with E-state index in [-0.39, 0.29) is 24.2 Å². The second-order valence-electron chi connectivity index (χ2n) is 7.46. The molecular weight excluding hydrogens is 452 g/mol. The van der Waals surface area contributed by atoms with Gasteiger partial charge in [-0.15, -0.1) is 11.8 Å². The highest BCUT2D eigenvalue weighted by Crippen LogP contribution is 2.36. The molecule has 10 heteroatoms. The molecule has 2 amide bonds. The summed E-state index contributed by atoms with van der Waals surface area (Å²) < 4.78 is 6.97. The number of aromatic nitrogens is 4. The molecule has 0 bridgehead atoms. The van der Waals surface area contributed by atoms with Gasteiger partial charge in [0, 0.05) is 18.2 Å². The lowest BCUT2D eigenvalue weighted by Gasteiger charge is -2.10. The van der Waals surface area contributed by atoms with E-state index in [2.05, 4.69) is 32.8 Å². The van der Waals surface area contributed by atoms with Crippen molar-refractivity contribution in [1.82, 2.24) is 19.9 Å². The van der Waals surface area contributed by atoms with Crippen molar-refractivity contribution in [1.29, 1.82) is 0 Å². The SMILES string of the molecule is CCc1cccc(NC(=O)Cn2nc(SC)c(-c3nc(-c4ccccc4)no3)c2NC(C)=O)c1. The largest absolute Gasteiger partial charge is 0.333 e. The Labute approximate surface area is 200 Å². The Morgan fingerprint density at radius 2 is 1.88 bits per heavy atom. The van der Waals surface area contributed by atoms with Crippen molar-refractivity contribution in [3.63, 3.8) is 0 Å². The molecule has 0 unspecified atom stereocenters. The number of carbonyl (C=O) groups excluding carboxylic acids is 2. The Bertz CT molecular complexity index is 1320. The Morgan fingerprint density at radius 3 is 2.59 bits per heavy atom. The highest BCUT2D eigenvalue weighted by Gasteiger charge is 2.26. The molecule has 0 saturated carbocycles. The summed E-state index contributed by atoms with van der Waals surface area (Å²) in [7, 11) is 0. The number of benzene rings is 2. The monoisotopic (exact) mass is 476 g/mol. The van der Waals surface area contributed by atoms with Gasteiger partial charge in [0.1, 0.15) is 23.0 Å². The van der Waals surface area contributed by atoms with E-state index in [1.807, 2.05) is 60.9 Å². The fraction of sp³-hybridized carbons (Fsp3) is 0.208. The molecule has 2 aromatic heterocycles. The van der Waals surface area contributed by atoms with Crippen LogP contribution in [0.15, 0.2) is 64.1 Å². The van der Waals surface area contributed by atoms with E-state index >= 15 is 0 Å². The number of hydrogen-bond acceptors (Lipinski definition) is 7. The molecule has 9 nitrogen and oxygen atoms in total. The standard InChI is InChI=1S/C24H24N6O3S/c1-4-16-9-8-12-18(13-16)26-19(32)14-30-22(25-15(2)31)20(24(28-30)34-3)23-27-21(29-33-23)17-10-6-5-7-11-17/h5-13H,4,14H2,1-3H3,(H,25,31)(H,26,32). The Hall–Kier alpha value is -3.92. The third-order valence-electron chi connectivity index (χ3n) is 4.99. The molecule has 0 aliphatic rings. The normalized spacial score (nSPS) is 10.8. The number of hydrogen-bond donors (Lipinski definition) is 2. The fourth-order valence-corrected chi connectivity index (χ4v) is 3.99. The van der Waals surface area contributed by atoms with Gasteiger partial charge < -0.3 is 15.2 Å². The highest BCUT2D eigenvalue weighted by atomic mass is 32.2. The number of nitrogens with zero attached hydrogens (tertiary/aromatic N) is 4. The summed E-state index contributed by atoms with van der Waals surface area (Å²) in [4.78, 5) is 29.3. The van der Waals surface area contributed by atoms with Gasteiger partial charge in [-0.25, -0.2) is 4.68 Å². The van der Waals surface area contributed by atoms with E-state index in [0.29, 0.717) is 27.9 Å². The van der Waals surface area contributed by atoms with Crippen LogP contribution in [0.2, 0.25) is 0 Å². The second-order valence-corrected chi connectivity index (χ2v) is 8.26. The summed E-state index contributed by atoms with van der Waals surface area (Å²) in [5.74, 6) is 0.343. The quantitative estimate of drug-likeness (QED) is 0.360. The number of anilines is 2. The van der Waals surface area contributed by atoms with E-state index in [1.165, 1.54) is 23.4 Å². The van der Waals surface area contributed by atoms with Crippen molar-refractivity contribution in [2.75, 3.05) is 16.9 Å². The molecule has 2 N–H and O–H groups in total. The summed E-state index contributed by atoms with van der Waals surface area (Å²) in [6.45, 7) is 3.33. The smallest absolute Gasteiger partial charge is 0.264 e. The molecular formula is C24H24N6O3S. The van der Waals surface area contributed by atoms with Crippen molar-refractivity contribution in [2.45, 2.75) is 31.8 Å². The van der Waals surface area contributed by atoms with Gasteiger partial charge in [0.25, 0.3) is 5.89 Å².